The first kappa shape index (κ1) is 15.9. The summed E-state index contributed by atoms with van der Waals surface area (Å²) in [5.41, 5.74) is 1.93. The zero-order valence-electron chi connectivity index (χ0n) is 12.5. The molecule has 0 fully saturated rings. The van der Waals surface area contributed by atoms with Crippen LogP contribution in [0.15, 0.2) is 36.4 Å². The van der Waals surface area contributed by atoms with Gasteiger partial charge in [0.1, 0.15) is 5.82 Å². The van der Waals surface area contributed by atoms with Gasteiger partial charge >= 0.3 is 0 Å². The Hall–Kier alpha value is -2.43. The number of amides is 1. The zero-order chi connectivity index (χ0) is 16.1. The molecule has 0 aliphatic carbocycles. The number of hydrogen-bond donors (Lipinski definition) is 1. The predicted octanol–water partition coefficient (Wildman–Crippen LogP) is 3.85. The molecule has 2 rings (SSSR count). The van der Waals surface area contributed by atoms with E-state index in [1.807, 2.05) is 0 Å². The number of carbonyl (C=O) groups excluding carboxylic acids is 1. The summed E-state index contributed by atoms with van der Waals surface area (Å²) in [5, 5.41) is 2.66. The number of ether oxygens (including phenoxy) is 1. The number of rotatable bonds is 5. The lowest BCUT2D eigenvalue weighted by Gasteiger charge is -2.09. The van der Waals surface area contributed by atoms with Crippen molar-refractivity contribution in [2.24, 2.45) is 0 Å². The molecule has 3 nitrogen and oxygen atoms in total. The molecule has 0 aromatic heterocycles. The summed E-state index contributed by atoms with van der Waals surface area (Å²) in [7, 11) is 1.40. The molecule has 0 heterocycles. The summed E-state index contributed by atoms with van der Waals surface area (Å²) < 4.78 is 31.6. The SMILES string of the molecule is COc1ccc(CCC(=O)Nc2cc(F)ccc2C)cc1F. The summed E-state index contributed by atoms with van der Waals surface area (Å²) >= 11 is 0. The van der Waals surface area contributed by atoms with Crippen LogP contribution in [-0.4, -0.2) is 13.0 Å². The number of aryl methyl sites for hydroxylation is 2. The average Bonchev–Trinajstić information content (AvgIpc) is 2.49. The number of methoxy groups -OCH3 is 1. The maximum absolute atomic E-state index is 13.6. The minimum Gasteiger partial charge on any atom is -0.494 e. The van der Waals surface area contributed by atoms with Crippen molar-refractivity contribution < 1.29 is 18.3 Å². The number of hydrogen-bond acceptors (Lipinski definition) is 2. The highest BCUT2D eigenvalue weighted by molar-refractivity contribution is 5.91. The molecule has 0 saturated carbocycles. The van der Waals surface area contributed by atoms with Crippen molar-refractivity contribution in [3.8, 4) is 5.75 Å². The Morgan fingerprint density at radius 2 is 1.95 bits per heavy atom. The summed E-state index contributed by atoms with van der Waals surface area (Å²) in [4.78, 5) is 11.9. The largest absolute Gasteiger partial charge is 0.494 e. The van der Waals surface area contributed by atoms with Crippen LogP contribution in [0.5, 0.6) is 5.75 Å². The Labute approximate surface area is 127 Å². The second-order valence-corrected chi connectivity index (χ2v) is 4.98. The third kappa shape index (κ3) is 4.04. The van der Waals surface area contributed by atoms with Crippen LogP contribution in [0.2, 0.25) is 0 Å². The maximum atomic E-state index is 13.6. The molecule has 1 amide bonds. The van der Waals surface area contributed by atoms with Crippen molar-refractivity contribution in [2.45, 2.75) is 19.8 Å². The van der Waals surface area contributed by atoms with Gasteiger partial charge in [-0.05, 0) is 48.7 Å². The van der Waals surface area contributed by atoms with Gasteiger partial charge < -0.3 is 10.1 Å². The second kappa shape index (κ2) is 7.02. The van der Waals surface area contributed by atoms with E-state index in [1.165, 1.54) is 31.4 Å². The fraction of sp³-hybridized carbons (Fsp3) is 0.235. The second-order valence-electron chi connectivity index (χ2n) is 4.98. The molecule has 0 saturated heterocycles. The van der Waals surface area contributed by atoms with Gasteiger partial charge in [0.05, 0.1) is 7.11 Å². The molecule has 0 atom stereocenters. The Balaban J connectivity index is 1.95. The highest BCUT2D eigenvalue weighted by atomic mass is 19.1. The number of carbonyl (C=O) groups is 1. The molecule has 1 N–H and O–H groups in total. The zero-order valence-corrected chi connectivity index (χ0v) is 12.5. The van der Waals surface area contributed by atoms with Crippen LogP contribution in [0.1, 0.15) is 17.5 Å². The maximum Gasteiger partial charge on any atom is 0.224 e. The summed E-state index contributed by atoms with van der Waals surface area (Å²) in [5.74, 6) is -0.937. The van der Waals surface area contributed by atoms with Crippen LogP contribution in [0.25, 0.3) is 0 Å². The number of benzene rings is 2. The van der Waals surface area contributed by atoms with Crippen LogP contribution in [0.3, 0.4) is 0 Å². The van der Waals surface area contributed by atoms with Gasteiger partial charge in [-0.25, -0.2) is 8.78 Å². The van der Waals surface area contributed by atoms with Gasteiger partial charge in [-0.1, -0.05) is 12.1 Å². The van der Waals surface area contributed by atoms with Crippen LogP contribution in [-0.2, 0) is 11.2 Å². The van der Waals surface area contributed by atoms with Gasteiger partial charge in [-0.2, -0.15) is 0 Å². The van der Waals surface area contributed by atoms with E-state index in [1.54, 1.807) is 19.1 Å². The molecule has 0 radical (unpaired) electrons. The molecular weight excluding hydrogens is 288 g/mol. The minimum absolute atomic E-state index is 0.170. The van der Waals surface area contributed by atoms with E-state index in [-0.39, 0.29) is 18.1 Å². The normalized spacial score (nSPS) is 10.4. The minimum atomic E-state index is -0.457. The monoisotopic (exact) mass is 305 g/mol. The van der Waals surface area contributed by atoms with Crippen molar-refractivity contribution in [1.29, 1.82) is 0 Å². The van der Waals surface area contributed by atoms with Gasteiger partial charge in [-0.15, -0.1) is 0 Å². The number of halogens is 2. The predicted molar refractivity (Wildman–Crippen MR) is 81.0 cm³/mol. The van der Waals surface area contributed by atoms with E-state index in [9.17, 15) is 13.6 Å². The standard InChI is InChI=1S/C17H17F2NO2/c1-11-3-6-13(18)10-15(11)20-17(21)8-5-12-4-7-16(22-2)14(19)9-12/h3-4,6-7,9-10H,5,8H2,1-2H3,(H,20,21). The molecule has 5 heteroatoms. The Morgan fingerprint density at radius 3 is 2.64 bits per heavy atom. The van der Waals surface area contributed by atoms with E-state index in [4.69, 9.17) is 4.74 Å². The number of anilines is 1. The van der Waals surface area contributed by atoms with E-state index in [0.717, 1.165) is 5.56 Å². The van der Waals surface area contributed by atoms with E-state index >= 15 is 0 Å². The van der Waals surface area contributed by atoms with Crippen LogP contribution >= 0.6 is 0 Å². The molecule has 0 bridgehead atoms. The third-order valence-corrected chi connectivity index (χ3v) is 3.33. The first-order chi connectivity index (χ1) is 10.5. The first-order valence-electron chi connectivity index (χ1n) is 6.88. The van der Waals surface area contributed by atoms with Gasteiger partial charge in [-0.3, -0.25) is 4.79 Å². The van der Waals surface area contributed by atoms with Crippen molar-refractivity contribution in [1.82, 2.24) is 0 Å². The fourth-order valence-electron chi connectivity index (χ4n) is 2.06. The molecule has 22 heavy (non-hydrogen) atoms. The lowest BCUT2D eigenvalue weighted by Crippen LogP contribution is -2.13. The van der Waals surface area contributed by atoms with Crippen molar-refractivity contribution in [3.05, 3.63) is 59.2 Å². The van der Waals surface area contributed by atoms with Crippen molar-refractivity contribution in [2.75, 3.05) is 12.4 Å². The Bertz CT molecular complexity index is 686. The lowest BCUT2D eigenvalue weighted by molar-refractivity contribution is -0.116. The van der Waals surface area contributed by atoms with Crippen molar-refractivity contribution in [3.63, 3.8) is 0 Å². The quantitative estimate of drug-likeness (QED) is 0.911. The summed E-state index contributed by atoms with van der Waals surface area (Å²) in [6.07, 6.45) is 0.572. The highest BCUT2D eigenvalue weighted by Gasteiger charge is 2.08. The van der Waals surface area contributed by atoms with Gasteiger partial charge in [0, 0.05) is 12.1 Å². The third-order valence-electron chi connectivity index (χ3n) is 3.33. The van der Waals surface area contributed by atoms with Crippen LogP contribution in [0.4, 0.5) is 14.5 Å². The topological polar surface area (TPSA) is 38.3 Å². The van der Waals surface area contributed by atoms with Crippen LogP contribution in [0, 0.1) is 18.6 Å². The smallest absolute Gasteiger partial charge is 0.224 e. The fourth-order valence-corrected chi connectivity index (χ4v) is 2.06. The Kier molecular flexibility index (Phi) is 5.09. The molecule has 116 valence electrons. The molecule has 0 aliphatic rings. The van der Waals surface area contributed by atoms with E-state index < -0.39 is 11.6 Å². The van der Waals surface area contributed by atoms with Crippen LogP contribution < -0.4 is 10.1 Å². The molecule has 2 aromatic rings. The molecule has 0 spiro atoms. The van der Waals surface area contributed by atoms with E-state index in [2.05, 4.69) is 5.32 Å². The van der Waals surface area contributed by atoms with Crippen molar-refractivity contribution >= 4 is 11.6 Å². The van der Waals surface area contributed by atoms with Gasteiger partial charge in [0.15, 0.2) is 11.6 Å². The molecule has 0 aliphatic heterocycles. The molecule has 0 unspecified atom stereocenters. The van der Waals surface area contributed by atoms with Gasteiger partial charge in [0.2, 0.25) is 5.91 Å². The first-order valence-corrected chi connectivity index (χ1v) is 6.88. The Morgan fingerprint density at radius 1 is 1.18 bits per heavy atom. The van der Waals surface area contributed by atoms with E-state index in [0.29, 0.717) is 17.7 Å². The summed E-state index contributed by atoms with van der Waals surface area (Å²) in [6, 6.07) is 8.80. The molecule has 2 aromatic carbocycles. The lowest BCUT2D eigenvalue weighted by atomic mass is 10.1. The highest BCUT2D eigenvalue weighted by Crippen LogP contribution is 2.19. The molecular formula is C17H17F2NO2. The average molecular weight is 305 g/mol. The number of nitrogens with one attached hydrogen (secondary N) is 1. The van der Waals surface area contributed by atoms with Gasteiger partial charge in [0.25, 0.3) is 0 Å². The summed E-state index contributed by atoms with van der Waals surface area (Å²) in [6.45, 7) is 1.79.